The number of nitrogens with one attached hydrogen (secondary N) is 2. The minimum atomic E-state index is -0.581. The van der Waals surface area contributed by atoms with Crippen LogP contribution in [0.5, 0.6) is 11.5 Å². The van der Waals surface area contributed by atoms with Crippen LogP contribution in [-0.4, -0.2) is 34.9 Å². The lowest BCUT2D eigenvalue weighted by atomic mass is 9.78. The lowest BCUT2D eigenvalue weighted by Crippen LogP contribution is -2.49. The van der Waals surface area contributed by atoms with Crippen molar-refractivity contribution in [2.75, 3.05) is 0 Å². The maximum Gasteiger partial charge on any atom is 0.138 e. The van der Waals surface area contributed by atoms with Crippen molar-refractivity contribution in [1.29, 1.82) is 0 Å². The summed E-state index contributed by atoms with van der Waals surface area (Å²) >= 11 is 0. The Hall–Kier alpha value is -2.70. The third-order valence-electron chi connectivity index (χ3n) is 7.27. The van der Waals surface area contributed by atoms with Gasteiger partial charge in [-0.15, -0.1) is 0 Å². The van der Waals surface area contributed by atoms with Crippen LogP contribution in [0.25, 0.3) is 0 Å². The number of aromatic hydroxyl groups is 2. The highest BCUT2D eigenvalue weighted by Gasteiger charge is 2.29. The van der Waals surface area contributed by atoms with E-state index in [1.54, 1.807) is 0 Å². The lowest BCUT2D eigenvalue weighted by Gasteiger charge is -2.29. The van der Waals surface area contributed by atoms with Crippen LogP contribution in [0.1, 0.15) is 116 Å². The van der Waals surface area contributed by atoms with E-state index in [1.807, 2.05) is 24.3 Å². The molecule has 2 aromatic carbocycles. The molecule has 0 fully saturated rings. The first-order valence-electron chi connectivity index (χ1n) is 14.2. The molecule has 0 saturated heterocycles. The molecular formula is C34H52N2O4. The van der Waals surface area contributed by atoms with Crippen LogP contribution in [0, 0.1) is 0 Å². The molecule has 6 nitrogen and oxygen atoms in total. The molecule has 0 heterocycles. The van der Waals surface area contributed by atoms with Gasteiger partial charge in [0, 0.05) is 0 Å². The predicted octanol–water partition coefficient (Wildman–Crippen LogP) is 6.30. The van der Waals surface area contributed by atoms with Crippen LogP contribution >= 0.6 is 0 Å². The van der Waals surface area contributed by atoms with Crippen LogP contribution < -0.4 is 10.9 Å². The fourth-order valence-corrected chi connectivity index (χ4v) is 4.90. The van der Waals surface area contributed by atoms with Gasteiger partial charge in [0.2, 0.25) is 0 Å². The molecule has 0 bridgehead atoms. The molecule has 2 unspecified atom stereocenters. The molecule has 0 saturated carbocycles. The minimum absolute atomic E-state index is 0.271. The number of aldehydes is 2. The summed E-state index contributed by atoms with van der Waals surface area (Å²) in [6.07, 6.45) is 2.47. The fourth-order valence-electron chi connectivity index (χ4n) is 4.90. The second kappa shape index (κ2) is 12.0. The molecule has 2 rings (SSSR count). The van der Waals surface area contributed by atoms with Gasteiger partial charge in [-0.3, -0.25) is 0 Å². The Morgan fingerprint density at radius 1 is 0.550 bits per heavy atom. The van der Waals surface area contributed by atoms with E-state index in [0.717, 1.165) is 46.0 Å². The van der Waals surface area contributed by atoms with Crippen LogP contribution in [0.2, 0.25) is 0 Å². The topological polar surface area (TPSA) is 98.7 Å². The summed E-state index contributed by atoms with van der Waals surface area (Å²) in [5.41, 5.74) is 10.3. The second-order valence-electron chi connectivity index (χ2n) is 15.3. The van der Waals surface area contributed by atoms with Gasteiger partial charge in [-0.05, 0) is 67.9 Å². The highest BCUT2D eigenvalue weighted by atomic mass is 16.3. The van der Waals surface area contributed by atoms with Gasteiger partial charge in [-0.1, -0.05) is 107 Å². The smallest absolute Gasteiger partial charge is 0.138 e. The van der Waals surface area contributed by atoms with Crippen LogP contribution in [0.3, 0.4) is 0 Å². The van der Waals surface area contributed by atoms with Crippen LogP contribution in [0.15, 0.2) is 24.3 Å². The van der Waals surface area contributed by atoms with E-state index in [-0.39, 0.29) is 21.7 Å². The highest BCUT2D eigenvalue weighted by molar-refractivity contribution is 5.61. The van der Waals surface area contributed by atoms with Crippen LogP contribution in [0.4, 0.5) is 0 Å². The maximum absolute atomic E-state index is 12.1. The standard InChI is InChI=1S/C34H52N2O4/c1-31(2,3)25-15-21(16-26(29(25)39)32(4,5)6)13-23(19-37)35-36-24(20-38)14-22-17-27(33(7,8)9)30(40)28(18-22)34(10,11)12/h15-20,23-24,35-36,39-40H,13-14H2,1-12H3. The monoisotopic (exact) mass is 552 g/mol. The molecule has 0 spiro atoms. The van der Waals surface area contributed by atoms with Crippen molar-refractivity contribution < 1.29 is 19.8 Å². The number of phenols is 2. The van der Waals surface area contributed by atoms with Gasteiger partial charge >= 0.3 is 0 Å². The SMILES string of the molecule is CC(C)(C)c1cc(CC(C=O)NNC(C=O)Cc2cc(C(C)(C)C)c(O)c(C(C)(C)C)c2)cc(C(C)(C)C)c1O. The Labute approximate surface area is 241 Å². The van der Waals surface area contributed by atoms with Gasteiger partial charge in [-0.2, -0.15) is 0 Å². The predicted molar refractivity (Wildman–Crippen MR) is 164 cm³/mol. The second-order valence-corrected chi connectivity index (χ2v) is 15.3. The van der Waals surface area contributed by atoms with Gasteiger partial charge in [0.1, 0.15) is 24.1 Å². The highest BCUT2D eigenvalue weighted by Crippen LogP contribution is 2.41. The van der Waals surface area contributed by atoms with Crippen molar-refractivity contribution in [3.63, 3.8) is 0 Å². The molecule has 0 aliphatic heterocycles. The summed E-state index contributed by atoms with van der Waals surface area (Å²) < 4.78 is 0. The molecule has 40 heavy (non-hydrogen) atoms. The Balaban J connectivity index is 2.31. The van der Waals surface area contributed by atoms with E-state index < -0.39 is 12.1 Å². The van der Waals surface area contributed by atoms with Crippen molar-refractivity contribution in [2.45, 2.75) is 130 Å². The number of hydrazine groups is 1. The summed E-state index contributed by atoms with van der Waals surface area (Å²) in [6, 6.07) is 6.72. The number of carbonyl (C=O) groups is 2. The molecule has 0 aromatic heterocycles. The largest absolute Gasteiger partial charge is 0.507 e. The molecule has 222 valence electrons. The summed E-state index contributed by atoms with van der Waals surface area (Å²) in [6.45, 7) is 24.7. The van der Waals surface area contributed by atoms with Gasteiger partial charge < -0.3 is 19.8 Å². The molecule has 0 aliphatic rings. The number of hydrogen-bond donors (Lipinski definition) is 4. The van der Waals surface area contributed by atoms with E-state index in [0.29, 0.717) is 24.3 Å². The quantitative estimate of drug-likeness (QED) is 0.215. The van der Waals surface area contributed by atoms with Gasteiger partial charge in [0.05, 0.1) is 12.1 Å². The average molecular weight is 553 g/mol. The summed E-state index contributed by atoms with van der Waals surface area (Å²) in [7, 11) is 0. The van der Waals surface area contributed by atoms with Crippen LogP contribution in [-0.2, 0) is 44.1 Å². The molecule has 0 aliphatic carbocycles. The summed E-state index contributed by atoms with van der Waals surface area (Å²) in [4.78, 5) is 24.2. The molecule has 4 N–H and O–H groups in total. The Morgan fingerprint density at radius 2 is 0.775 bits per heavy atom. The number of hydrogen-bond acceptors (Lipinski definition) is 6. The minimum Gasteiger partial charge on any atom is -0.507 e. The zero-order chi connectivity index (χ0) is 30.8. The van der Waals surface area contributed by atoms with Crippen molar-refractivity contribution in [3.8, 4) is 11.5 Å². The maximum atomic E-state index is 12.1. The first kappa shape index (κ1) is 33.5. The van der Waals surface area contributed by atoms with Crippen molar-refractivity contribution in [2.24, 2.45) is 0 Å². The fraction of sp³-hybridized carbons (Fsp3) is 0.588. The Kier molecular flexibility index (Phi) is 10.1. The third kappa shape index (κ3) is 8.40. The number of phenolic OH excluding ortho intramolecular Hbond substituents is 2. The zero-order valence-corrected chi connectivity index (χ0v) is 26.7. The Bertz CT molecular complexity index is 1040. The normalized spacial score (nSPS) is 14.6. The molecule has 0 amide bonds. The van der Waals surface area contributed by atoms with E-state index in [4.69, 9.17) is 0 Å². The van der Waals surface area contributed by atoms with Gasteiger partial charge in [-0.25, -0.2) is 10.9 Å². The lowest BCUT2D eigenvalue weighted by molar-refractivity contribution is -0.112. The van der Waals surface area contributed by atoms with Crippen molar-refractivity contribution >= 4 is 12.6 Å². The summed E-state index contributed by atoms with van der Waals surface area (Å²) in [5.74, 6) is 0.605. The van der Waals surface area contributed by atoms with E-state index in [1.165, 1.54) is 0 Å². The number of carbonyl (C=O) groups excluding carboxylic acids is 2. The first-order valence-corrected chi connectivity index (χ1v) is 14.2. The Morgan fingerprint density at radius 3 is 0.950 bits per heavy atom. The summed E-state index contributed by atoms with van der Waals surface area (Å²) in [5, 5.41) is 22.1. The molecule has 2 aromatic rings. The molecule has 0 radical (unpaired) electrons. The van der Waals surface area contributed by atoms with Gasteiger partial charge in [0.25, 0.3) is 0 Å². The molecular weight excluding hydrogens is 500 g/mol. The average Bonchev–Trinajstić information content (AvgIpc) is 2.79. The zero-order valence-electron chi connectivity index (χ0n) is 26.7. The molecule has 6 heteroatoms. The van der Waals surface area contributed by atoms with Gasteiger partial charge in [0.15, 0.2) is 0 Å². The van der Waals surface area contributed by atoms with E-state index >= 15 is 0 Å². The third-order valence-corrected chi connectivity index (χ3v) is 7.27. The number of benzene rings is 2. The molecule has 2 atom stereocenters. The first-order chi connectivity index (χ1) is 18.1. The number of rotatable bonds is 9. The van der Waals surface area contributed by atoms with Crippen molar-refractivity contribution in [1.82, 2.24) is 10.9 Å². The van der Waals surface area contributed by atoms with Crippen molar-refractivity contribution in [3.05, 3.63) is 57.6 Å². The van der Waals surface area contributed by atoms with E-state index in [2.05, 4.69) is 93.9 Å². The van der Waals surface area contributed by atoms with E-state index in [9.17, 15) is 19.8 Å².